The van der Waals surface area contributed by atoms with Crippen molar-refractivity contribution in [2.75, 3.05) is 37.7 Å². The standard InChI is InChI=1S/C18H22ClN5S/c19-18-3-2-16-17(23-18)10-14(13-22-16)15(11-20)12-21-4-1-5-24-6-8-25-9-7-24/h2-3,10-13,20-21H,1,4-9H2/b15-12+,20-11?. The highest BCUT2D eigenvalue weighted by Crippen LogP contribution is 2.18. The number of nitrogens with zero attached hydrogens (tertiary/aromatic N) is 3. The Kier molecular flexibility index (Phi) is 6.67. The van der Waals surface area contributed by atoms with Gasteiger partial charge in [-0.05, 0) is 31.2 Å². The minimum atomic E-state index is 0.445. The van der Waals surface area contributed by atoms with Crippen LogP contribution in [-0.4, -0.2) is 58.8 Å². The maximum absolute atomic E-state index is 7.67. The van der Waals surface area contributed by atoms with Gasteiger partial charge in [0.05, 0.1) is 11.0 Å². The first-order chi connectivity index (χ1) is 12.3. The van der Waals surface area contributed by atoms with Crippen LogP contribution in [0.3, 0.4) is 0 Å². The van der Waals surface area contributed by atoms with Crippen molar-refractivity contribution < 1.29 is 0 Å². The molecule has 1 fully saturated rings. The van der Waals surface area contributed by atoms with Gasteiger partial charge in [-0.15, -0.1) is 0 Å². The lowest BCUT2D eigenvalue weighted by molar-refractivity contribution is 0.298. The van der Waals surface area contributed by atoms with Crippen molar-refractivity contribution in [1.82, 2.24) is 20.2 Å². The van der Waals surface area contributed by atoms with Crippen LogP contribution in [0.25, 0.3) is 16.6 Å². The minimum Gasteiger partial charge on any atom is -0.390 e. The molecule has 3 rings (SSSR count). The van der Waals surface area contributed by atoms with Gasteiger partial charge in [-0.1, -0.05) is 11.6 Å². The topological polar surface area (TPSA) is 64.9 Å². The monoisotopic (exact) mass is 375 g/mol. The molecule has 25 heavy (non-hydrogen) atoms. The van der Waals surface area contributed by atoms with E-state index in [0.717, 1.165) is 41.7 Å². The normalized spacial score (nSPS) is 16.1. The summed E-state index contributed by atoms with van der Waals surface area (Å²) in [4.78, 5) is 11.2. The number of allylic oxidation sites excluding steroid dienone is 1. The van der Waals surface area contributed by atoms with E-state index in [1.807, 2.05) is 30.1 Å². The molecule has 3 heterocycles. The number of thioether (sulfide) groups is 1. The zero-order valence-electron chi connectivity index (χ0n) is 14.0. The minimum absolute atomic E-state index is 0.445. The molecule has 132 valence electrons. The number of halogens is 1. The number of hydrogen-bond donors (Lipinski definition) is 2. The number of nitrogens with one attached hydrogen (secondary N) is 2. The smallest absolute Gasteiger partial charge is 0.129 e. The first kappa shape index (κ1) is 18.2. The largest absolute Gasteiger partial charge is 0.390 e. The van der Waals surface area contributed by atoms with Crippen LogP contribution in [0, 0.1) is 5.41 Å². The molecule has 0 spiro atoms. The Labute approximate surface area is 157 Å². The Morgan fingerprint density at radius 2 is 2.16 bits per heavy atom. The summed E-state index contributed by atoms with van der Waals surface area (Å²) < 4.78 is 0. The summed E-state index contributed by atoms with van der Waals surface area (Å²) >= 11 is 7.99. The lowest BCUT2D eigenvalue weighted by Crippen LogP contribution is -2.34. The molecule has 7 heteroatoms. The second-order valence-corrected chi connectivity index (χ2v) is 7.51. The fourth-order valence-electron chi connectivity index (χ4n) is 2.76. The molecule has 0 atom stereocenters. The molecule has 2 aromatic heterocycles. The molecule has 0 amide bonds. The van der Waals surface area contributed by atoms with E-state index in [1.54, 1.807) is 12.3 Å². The van der Waals surface area contributed by atoms with Crippen molar-refractivity contribution in [2.24, 2.45) is 0 Å². The van der Waals surface area contributed by atoms with Crippen LogP contribution in [0.2, 0.25) is 5.15 Å². The average molecular weight is 376 g/mol. The van der Waals surface area contributed by atoms with Crippen LogP contribution < -0.4 is 5.32 Å². The van der Waals surface area contributed by atoms with Crippen molar-refractivity contribution in [2.45, 2.75) is 6.42 Å². The van der Waals surface area contributed by atoms with Crippen molar-refractivity contribution in [3.63, 3.8) is 0 Å². The molecule has 1 aliphatic heterocycles. The van der Waals surface area contributed by atoms with Crippen LogP contribution in [0.1, 0.15) is 12.0 Å². The van der Waals surface area contributed by atoms with Gasteiger partial charge in [0.15, 0.2) is 0 Å². The quantitative estimate of drug-likeness (QED) is 0.441. The first-order valence-corrected chi connectivity index (χ1v) is 9.96. The van der Waals surface area contributed by atoms with Crippen molar-refractivity contribution in [1.29, 1.82) is 5.41 Å². The van der Waals surface area contributed by atoms with E-state index in [1.165, 1.54) is 30.8 Å². The Bertz CT molecular complexity index is 758. The maximum atomic E-state index is 7.67. The third-order valence-corrected chi connectivity index (χ3v) is 5.30. The predicted molar refractivity (Wildman–Crippen MR) is 108 cm³/mol. The Hall–Kier alpha value is -1.63. The van der Waals surface area contributed by atoms with Gasteiger partial charge in [0, 0.05) is 60.9 Å². The van der Waals surface area contributed by atoms with Crippen molar-refractivity contribution in [3.8, 4) is 0 Å². The van der Waals surface area contributed by atoms with Crippen LogP contribution in [0.4, 0.5) is 0 Å². The highest BCUT2D eigenvalue weighted by atomic mass is 35.5. The van der Waals surface area contributed by atoms with Crippen LogP contribution >= 0.6 is 23.4 Å². The Balaban J connectivity index is 1.57. The number of hydrogen-bond acceptors (Lipinski definition) is 6. The summed E-state index contributed by atoms with van der Waals surface area (Å²) in [6, 6.07) is 5.49. The van der Waals surface area contributed by atoms with Gasteiger partial charge < -0.3 is 15.6 Å². The molecule has 0 aromatic carbocycles. The van der Waals surface area contributed by atoms with Gasteiger partial charge in [0.1, 0.15) is 5.15 Å². The number of pyridine rings is 2. The Morgan fingerprint density at radius 1 is 1.32 bits per heavy atom. The van der Waals surface area contributed by atoms with E-state index in [2.05, 4.69) is 20.2 Å². The summed E-state index contributed by atoms with van der Waals surface area (Å²) in [5.74, 6) is 2.50. The van der Waals surface area contributed by atoms with Gasteiger partial charge in [0.2, 0.25) is 0 Å². The molecule has 2 aromatic rings. The third-order valence-electron chi connectivity index (χ3n) is 4.15. The van der Waals surface area contributed by atoms with E-state index in [-0.39, 0.29) is 0 Å². The molecule has 2 N–H and O–H groups in total. The molecule has 5 nitrogen and oxygen atoms in total. The second-order valence-electron chi connectivity index (χ2n) is 5.90. The molecular formula is C18H22ClN5S. The zero-order chi connectivity index (χ0) is 17.5. The van der Waals surface area contributed by atoms with Crippen LogP contribution in [-0.2, 0) is 0 Å². The molecule has 0 bridgehead atoms. The predicted octanol–water partition coefficient (Wildman–Crippen LogP) is 3.30. The zero-order valence-corrected chi connectivity index (χ0v) is 15.6. The van der Waals surface area contributed by atoms with Gasteiger partial charge in [-0.2, -0.15) is 11.8 Å². The summed E-state index contributed by atoms with van der Waals surface area (Å²) in [6.07, 6.45) is 6.08. The third kappa shape index (κ3) is 5.17. The lowest BCUT2D eigenvalue weighted by atomic mass is 10.1. The van der Waals surface area contributed by atoms with Gasteiger partial charge in [-0.25, -0.2) is 4.98 Å². The van der Waals surface area contributed by atoms with Crippen molar-refractivity contribution >= 4 is 46.2 Å². The summed E-state index contributed by atoms with van der Waals surface area (Å²) in [5.41, 5.74) is 3.18. The summed E-state index contributed by atoms with van der Waals surface area (Å²) in [5, 5.41) is 11.4. The molecule has 1 aliphatic rings. The Morgan fingerprint density at radius 3 is 2.96 bits per heavy atom. The van der Waals surface area contributed by atoms with Gasteiger partial charge in [-0.3, -0.25) is 4.98 Å². The maximum Gasteiger partial charge on any atom is 0.129 e. The fraction of sp³-hybridized carbons (Fsp3) is 0.389. The van der Waals surface area contributed by atoms with E-state index in [0.29, 0.717) is 5.15 Å². The van der Waals surface area contributed by atoms with E-state index < -0.39 is 0 Å². The van der Waals surface area contributed by atoms with Crippen LogP contribution in [0.5, 0.6) is 0 Å². The van der Waals surface area contributed by atoms with E-state index >= 15 is 0 Å². The fourth-order valence-corrected chi connectivity index (χ4v) is 3.89. The van der Waals surface area contributed by atoms with E-state index in [9.17, 15) is 0 Å². The molecule has 0 unspecified atom stereocenters. The lowest BCUT2D eigenvalue weighted by Gasteiger charge is -2.25. The van der Waals surface area contributed by atoms with Gasteiger partial charge >= 0.3 is 0 Å². The SMILES string of the molecule is N=C/C(=C\NCCCN1CCSCC1)c1cnc2ccc(Cl)nc2c1. The average Bonchev–Trinajstić information content (AvgIpc) is 2.65. The second kappa shape index (κ2) is 9.17. The highest BCUT2D eigenvalue weighted by Gasteiger charge is 2.09. The number of aromatic nitrogens is 2. The number of rotatable bonds is 7. The molecule has 0 aliphatic carbocycles. The molecule has 0 saturated carbocycles. The summed E-state index contributed by atoms with van der Waals surface area (Å²) in [6.45, 7) is 4.42. The number of fused-ring (bicyclic) bond motifs is 1. The van der Waals surface area contributed by atoms with Crippen molar-refractivity contribution in [3.05, 3.63) is 41.3 Å². The van der Waals surface area contributed by atoms with Crippen LogP contribution in [0.15, 0.2) is 30.6 Å². The highest BCUT2D eigenvalue weighted by molar-refractivity contribution is 7.99. The van der Waals surface area contributed by atoms with Gasteiger partial charge in [0.25, 0.3) is 0 Å². The van der Waals surface area contributed by atoms with E-state index in [4.69, 9.17) is 17.0 Å². The first-order valence-electron chi connectivity index (χ1n) is 8.43. The molecule has 1 saturated heterocycles. The summed E-state index contributed by atoms with van der Waals surface area (Å²) in [7, 11) is 0. The molecule has 0 radical (unpaired) electrons. The molecular weight excluding hydrogens is 354 g/mol.